The highest BCUT2D eigenvalue weighted by Crippen LogP contribution is 2.18. The van der Waals surface area contributed by atoms with Gasteiger partial charge in [0.25, 0.3) is 5.91 Å². The maximum atomic E-state index is 13.0. The van der Waals surface area contributed by atoms with Gasteiger partial charge in [0.2, 0.25) is 0 Å². The zero-order chi connectivity index (χ0) is 19.2. The van der Waals surface area contributed by atoms with Crippen LogP contribution in [0, 0.1) is 17.1 Å². The molecule has 1 saturated heterocycles. The molecule has 5 nitrogen and oxygen atoms in total. The largest absolute Gasteiger partial charge is 0.368 e. The van der Waals surface area contributed by atoms with Crippen LogP contribution in [0.2, 0.25) is 0 Å². The smallest absolute Gasteiger partial charge is 0.266 e. The molecule has 0 unspecified atom stereocenters. The van der Waals surface area contributed by atoms with Crippen LogP contribution < -0.4 is 10.2 Å². The van der Waals surface area contributed by atoms with Crippen molar-refractivity contribution in [2.75, 3.05) is 36.4 Å². The molecule has 1 fully saturated rings. The van der Waals surface area contributed by atoms with Gasteiger partial charge < -0.3 is 15.1 Å². The summed E-state index contributed by atoms with van der Waals surface area (Å²) in [6.45, 7) is 2.29. The molecule has 138 valence electrons. The second kappa shape index (κ2) is 8.69. The van der Waals surface area contributed by atoms with Crippen molar-refractivity contribution >= 4 is 33.2 Å². The van der Waals surface area contributed by atoms with Crippen molar-refractivity contribution < 1.29 is 9.18 Å². The summed E-state index contributed by atoms with van der Waals surface area (Å²) in [6.07, 6.45) is 1.44. The molecular formula is C20H18BrFN4O. The highest BCUT2D eigenvalue weighted by molar-refractivity contribution is 9.10. The highest BCUT2D eigenvalue weighted by Gasteiger charge is 2.23. The van der Waals surface area contributed by atoms with E-state index in [0.29, 0.717) is 26.2 Å². The number of rotatable bonds is 4. The van der Waals surface area contributed by atoms with E-state index in [9.17, 15) is 14.4 Å². The molecule has 0 saturated carbocycles. The number of nitriles is 1. The number of hydrogen-bond acceptors (Lipinski definition) is 4. The average Bonchev–Trinajstić information content (AvgIpc) is 2.70. The maximum Gasteiger partial charge on any atom is 0.266 e. The summed E-state index contributed by atoms with van der Waals surface area (Å²) in [5, 5.41) is 12.3. The highest BCUT2D eigenvalue weighted by atomic mass is 79.9. The lowest BCUT2D eigenvalue weighted by Crippen LogP contribution is -2.49. The SMILES string of the molecule is N#C/C(=C/Nc1ccc(Br)cc1)C(=O)N1CCN(c2ccc(F)cc2)CC1. The number of halogens is 2. The number of benzene rings is 2. The van der Waals surface area contributed by atoms with Crippen molar-refractivity contribution in [1.29, 1.82) is 5.26 Å². The monoisotopic (exact) mass is 428 g/mol. The number of piperazine rings is 1. The molecule has 2 aromatic rings. The normalized spacial score (nSPS) is 14.6. The van der Waals surface area contributed by atoms with Crippen LogP contribution in [0.4, 0.5) is 15.8 Å². The Labute approximate surface area is 165 Å². The molecule has 1 N–H and O–H groups in total. The van der Waals surface area contributed by atoms with Crippen LogP contribution in [0.5, 0.6) is 0 Å². The predicted octanol–water partition coefficient (Wildman–Crippen LogP) is 3.76. The molecule has 2 aromatic carbocycles. The van der Waals surface area contributed by atoms with Gasteiger partial charge in [-0.15, -0.1) is 0 Å². The van der Waals surface area contributed by atoms with Crippen molar-refractivity contribution in [2.45, 2.75) is 0 Å². The first kappa shape index (κ1) is 18.9. The fourth-order valence-electron chi connectivity index (χ4n) is 2.83. The lowest BCUT2D eigenvalue weighted by Gasteiger charge is -2.36. The molecule has 0 aliphatic carbocycles. The lowest BCUT2D eigenvalue weighted by atomic mass is 10.2. The second-order valence-corrected chi connectivity index (χ2v) is 6.99. The van der Waals surface area contributed by atoms with E-state index in [4.69, 9.17) is 0 Å². The number of anilines is 2. The van der Waals surface area contributed by atoms with Crippen molar-refractivity contribution in [3.8, 4) is 6.07 Å². The van der Waals surface area contributed by atoms with E-state index in [1.165, 1.54) is 18.3 Å². The minimum Gasteiger partial charge on any atom is -0.368 e. The lowest BCUT2D eigenvalue weighted by molar-refractivity contribution is -0.127. The van der Waals surface area contributed by atoms with E-state index < -0.39 is 0 Å². The number of hydrogen-bond donors (Lipinski definition) is 1. The summed E-state index contributed by atoms with van der Waals surface area (Å²) in [6, 6.07) is 15.7. The van der Waals surface area contributed by atoms with E-state index in [0.717, 1.165) is 15.8 Å². The summed E-state index contributed by atoms with van der Waals surface area (Å²) in [4.78, 5) is 16.4. The molecule has 1 amide bonds. The van der Waals surface area contributed by atoms with Crippen molar-refractivity contribution in [3.05, 3.63) is 70.6 Å². The molecule has 3 rings (SSSR count). The number of amides is 1. The van der Waals surface area contributed by atoms with Crippen LogP contribution in [-0.2, 0) is 4.79 Å². The maximum absolute atomic E-state index is 13.0. The van der Waals surface area contributed by atoms with Crippen LogP contribution in [0.1, 0.15) is 0 Å². The van der Waals surface area contributed by atoms with Gasteiger partial charge in [-0.25, -0.2) is 4.39 Å². The van der Waals surface area contributed by atoms with Crippen molar-refractivity contribution in [2.24, 2.45) is 0 Å². The van der Waals surface area contributed by atoms with E-state index >= 15 is 0 Å². The molecular weight excluding hydrogens is 411 g/mol. The molecule has 0 atom stereocenters. The zero-order valence-corrected chi connectivity index (χ0v) is 16.1. The van der Waals surface area contributed by atoms with Crippen molar-refractivity contribution in [1.82, 2.24) is 4.90 Å². The Morgan fingerprint density at radius 2 is 1.70 bits per heavy atom. The van der Waals surface area contributed by atoms with Gasteiger partial charge in [0.05, 0.1) is 0 Å². The molecule has 1 heterocycles. The molecule has 1 aliphatic rings. The Hall–Kier alpha value is -2.85. The van der Waals surface area contributed by atoms with Crippen LogP contribution in [0.3, 0.4) is 0 Å². The number of nitrogens with one attached hydrogen (secondary N) is 1. The van der Waals surface area contributed by atoms with Gasteiger partial charge in [0.15, 0.2) is 0 Å². The molecule has 0 radical (unpaired) electrons. The Kier molecular flexibility index (Phi) is 6.09. The van der Waals surface area contributed by atoms with Gasteiger partial charge in [-0.05, 0) is 48.5 Å². The fraction of sp³-hybridized carbons (Fsp3) is 0.200. The average molecular weight is 429 g/mol. The fourth-order valence-corrected chi connectivity index (χ4v) is 3.10. The Morgan fingerprint density at radius 1 is 1.07 bits per heavy atom. The molecule has 0 aromatic heterocycles. The van der Waals surface area contributed by atoms with Gasteiger partial charge in [0, 0.05) is 48.2 Å². The summed E-state index contributed by atoms with van der Waals surface area (Å²) in [5.74, 6) is -0.560. The van der Waals surface area contributed by atoms with E-state index in [2.05, 4.69) is 26.1 Å². The summed E-state index contributed by atoms with van der Waals surface area (Å²) < 4.78 is 14.0. The van der Waals surface area contributed by atoms with Crippen molar-refractivity contribution in [3.63, 3.8) is 0 Å². The van der Waals surface area contributed by atoms with Crippen LogP contribution in [-0.4, -0.2) is 37.0 Å². The number of carbonyl (C=O) groups is 1. The van der Waals surface area contributed by atoms with Gasteiger partial charge in [-0.3, -0.25) is 4.79 Å². The topological polar surface area (TPSA) is 59.4 Å². The Balaban J connectivity index is 1.59. The molecule has 27 heavy (non-hydrogen) atoms. The zero-order valence-electron chi connectivity index (χ0n) is 14.5. The second-order valence-electron chi connectivity index (χ2n) is 6.08. The third-order valence-corrected chi connectivity index (χ3v) is 4.87. The van der Waals surface area contributed by atoms with Crippen LogP contribution in [0.15, 0.2) is 64.8 Å². The van der Waals surface area contributed by atoms with E-state index in [-0.39, 0.29) is 17.3 Å². The third-order valence-electron chi connectivity index (χ3n) is 4.34. The molecule has 0 bridgehead atoms. The molecule has 0 spiro atoms. The standard InChI is InChI=1S/C20H18BrFN4O/c21-16-1-5-18(6-2-16)24-14-15(13-23)20(27)26-11-9-25(10-12-26)19-7-3-17(22)4-8-19/h1-8,14,24H,9-12H2/b15-14-. The van der Waals surface area contributed by atoms with Crippen LogP contribution >= 0.6 is 15.9 Å². The predicted molar refractivity (Wildman–Crippen MR) is 107 cm³/mol. The number of nitrogens with zero attached hydrogens (tertiary/aromatic N) is 3. The quantitative estimate of drug-likeness (QED) is 0.594. The first-order valence-corrected chi connectivity index (χ1v) is 9.28. The van der Waals surface area contributed by atoms with E-state index in [1.54, 1.807) is 17.0 Å². The summed E-state index contributed by atoms with van der Waals surface area (Å²) in [7, 11) is 0. The minimum atomic E-state index is -0.291. The first-order valence-electron chi connectivity index (χ1n) is 8.49. The molecule has 7 heteroatoms. The minimum absolute atomic E-state index is 0.0631. The van der Waals surface area contributed by atoms with Crippen LogP contribution in [0.25, 0.3) is 0 Å². The summed E-state index contributed by atoms with van der Waals surface area (Å²) >= 11 is 3.36. The van der Waals surface area contributed by atoms with Gasteiger partial charge in [-0.1, -0.05) is 15.9 Å². The summed E-state index contributed by atoms with van der Waals surface area (Å²) in [5.41, 5.74) is 1.78. The number of carbonyl (C=O) groups excluding carboxylic acids is 1. The first-order chi connectivity index (χ1) is 13.1. The van der Waals surface area contributed by atoms with Gasteiger partial charge >= 0.3 is 0 Å². The van der Waals surface area contributed by atoms with E-state index in [1.807, 2.05) is 30.3 Å². The van der Waals surface area contributed by atoms with Gasteiger partial charge in [-0.2, -0.15) is 5.26 Å². The van der Waals surface area contributed by atoms with Gasteiger partial charge in [0.1, 0.15) is 17.5 Å². The molecule has 1 aliphatic heterocycles. The third kappa shape index (κ3) is 4.86. The Morgan fingerprint density at radius 3 is 2.30 bits per heavy atom. The Bertz CT molecular complexity index is 866.